The summed E-state index contributed by atoms with van der Waals surface area (Å²) in [5, 5.41) is 1.61. The Balaban J connectivity index is 2.09. The molecule has 116 valence electrons. The lowest BCUT2D eigenvalue weighted by atomic mass is 9.97. The molecule has 0 fully saturated rings. The molecule has 0 aliphatic rings. The quantitative estimate of drug-likeness (QED) is 0.416. The Morgan fingerprint density at radius 3 is 2.17 bits per heavy atom. The van der Waals surface area contributed by atoms with E-state index in [4.69, 9.17) is 16.6 Å². The molecule has 24 heavy (non-hydrogen) atoms. The van der Waals surface area contributed by atoms with E-state index in [1.54, 1.807) is 12.1 Å². The highest BCUT2D eigenvalue weighted by atomic mass is 35.5. The van der Waals surface area contributed by atoms with Crippen LogP contribution in [0, 0.1) is 5.82 Å². The minimum absolute atomic E-state index is 0.298. The van der Waals surface area contributed by atoms with Crippen LogP contribution in [-0.4, -0.2) is 4.98 Å². The number of nitrogens with zero attached hydrogens (tertiary/aromatic N) is 1. The van der Waals surface area contributed by atoms with Crippen LogP contribution < -0.4 is 0 Å². The molecule has 0 radical (unpaired) electrons. The van der Waals surface area contributed by atoms with Crippen molar-refractivity contribution in [2.75, 3.05) is 0 Å². The Morgan fingerprint density at radius 1 is 0.708 bits per heavy atom. The van der Waals surface area contributed by atoms with Gasteiger partial charge in [0.15, 0.2) is 0 Å². The summed E-state index contributed by atoms with van der Waals surface area (Å²) in [6.45, 7) is 0. The summed E-state index contributed by atoms with van der Waals surface area (Å²) in [5.74, 6) is -0.298. The number of halogens is 2. The van der Waals surface area contributed by atoms with E-state index < -0.39 is 0 Å². The third-order valence-corrected chi connectivity index (χ3v) is 4.35. The number of aromatic nitrogens is 1. The van der Waals surface area contributed by atoms with Crippen LogP contribution in [0.2, 0.25) is 5.02 Å². The first-order valence-corrected chi connectivity index (χ1v) is 8.01. The normalized spacial score (nSPS) is 10.9. The monoisotopic (exact) mass is 333 g/mol. The number of rotatable bonds is 2. The number of pyridine rings is 1. The van der Waals surface area contributed by atoms with Crippen molar-refractivity contribution < 1.29 is 4.39 Å². The molecule has 0 saturated carbocycles. The van der Waals surface area contributed by atoms with Gasteiger partial charge in [0.2, 0.25) is 0 Å². The van der Waals surface area contributed by atoms with Crippen molar-refractivity contribution >= 4 is 22.5 Å². The van der Waals surface area contributed by atoms with Crippen molar-refractivity contribution in [3.05, 3.63) is 89.7 Å². The van der Waals surface area contributed by atoms with Gasteiger partial charge < -0.3 is 0 Å². The highest BCUT2D eigenvalue weighted by Crippen LogP contribution is 2.37. The molecule has 0 N–H and O–H groups in total. The first-order valence-electron chi connectivity index (χ1n) is 7.63. The fourth-order valence-corrected chi connectivity index (χ4v) is 3.10. The van der Waals surface area contributed by atoms with Gasteiger partial charge in [-0.05, 0) is 30.3 Å². The number of hydrogen-bond acceptors (Lipinski definition) is 1. The molecule has 0 bridgehead atoms. The van der Waals surface area contributed by atoms with Gasteiger partial charge in [0.25, 0.3) is 0 Å². The van der Waals surface area contributed by atoms with Gasteiger partial charge in [-0.15, -0.1) is 0 Å². The lowest BCUT2D eigenvalue weighted by molar-refractivity contribution is 0.631. The van der Waals surface area contributed by atoms with E-state index in [1.165, 1.54) is 6.07 Å². The van der Waals surface area contributed by atoms with Crippen molar-refractivity contribution in [1.29, 1.82) is 0 Å². The van der Waals surface area contributed by atoms with E-state index in [-0.39, 0.29) is 5.82 Å². The molecular weight excluding hydrogens is 321 g/mol. The molecule has 0 spiro atoms. The lowest BCUT2D eigenvalue weighted by Gasteiger charge is -2.13. The van der Waals surface area contributed by atoms with E-state index in [0.29, 0.717) is 16.3 Å². The number of benzene rings is 3. The SMILES string of the molecule is Fc1ccccc1-c1nc2ccccc2cc1-c1ccccc1Cl. The van der Waals surface area contributed by atoms with E-state index in [1.807, 2.05) is 60.7 Å². The zero-order valence-electron chi connectivity index (χ0n) is 12.7. The first-order chi connectivity index (χ1) is 11.7. The van der Waals surface area contributed by atoms with E-state index in [9.17, 15) is 4.39 Å². The van der Waals surface area contributed by atoms with Gasteiger partial charge in [-0.1, -0.05) is 60.1 Å². The molecule has 0 aliphatic heterocycles. The fourth-order valence-electron chi connectivity index (χ4n) is 2.86. The minimum atomic E-state index is -0.298. The summed E-state index contributed by atoms with van der Waals surface area (Å²) in [7, 11) is 0. The molecule has 0 saturated heterocycles. The zero-order valence-corrected chi connectivity index (χ0v) is 13.5. The molecule has 3 heteroatoms. The highest BCUT2D eigenvalue weighted by molar-refractivity contribution is 6.33. The van der Waals surface area contributed by atoms with Crippen LogP contribution in [-0.2, 0) is 0 Å². The maximum absolute atomic E-state index is 14.4. The van der Waals surface area contributed by atoms with Crippen LogP contribution in [0.3, 0.4) is 0 Å². The Bertz CT molecular complexity index is 959. The van der Waals surface area contributed by atoms with Crippen molar-refractivity contribution in [3.63, 3.8) is 0 Å². The highest BCUT2D eigenvalue weighted by Gasteiger charge is 2.15. The van der Waals surface area contributed by atoms with Crippen LogP contribution in [0.4, 0.5) is 4.39 Å². The van der Waals surface area contributed by atoms with Gasteiger partial charge in [0.05, 0.1) is 11.2 Å². The van der Waals surface area contributed by atoms with Crippen LogP contribution in [0.1, 0.15) is 0 Å². The van der Waals surface area contributed by atoms with Crippen molar-refractivity contribution in [1.82, 2.24) is 4.98 Å². The van der Waals surface area contributed by atoms with Gasteiger partial charge >= 0.3 is 0 Å². The standard InChI is InChI=1S/C21H13ClFN/c22-18-10-4-2-8-15(18)17-13-14-7-1-6-12-20(14)24-21(17)16-9-3-5-11-19(16)23/h1-13H. The second-order valence-electron chi connectivity index (χ2n) is 5.54. The topological polar surface area (TPSA) is 12.9 Å². The summed E-state index contributed by atoms with van der Waals surface area (Å²) in [5.41, 5.74) is 3.56. The van der Waals surface area contributed by atoms with Crippen LogP contribution >= 0.6 is 11.6 Å². The molecule has 3 aromatic carbocycles. The zero-order chi connectivity index (χ0) is 16.5. The van der Waals surface area contributed by atoms with Crippen LogP contribution in [0.5, 0.6) is 0 Å². The Kier molecular flexibility index (Phi) is 3.75. The molecule has 0 amide bonds. The summed E-state index contributed by atoms with van der Waals surface area (Å²) >= 11 is 6.39. The molecule has 0 atom stereocenters. The second-order valence-corrected chi connectivity index (χ2v) is 5.94. The van der Waals surface area contributed by atoms with Gasteiger partial charge in [-0.25, -0.2) is 9.37 Å². The Labute approximate surface area is 144 Å². The molecule has 1 heterocycles. The molecule has 1 aromatic heterocycles. The molecule has 0 aliphatic carbocycles. The largest absolute Gasteiger partial charge is 0.247 e. The third kappa shape index (κ3) is 2.55. The Morgan fingerprint density at radius 2 is 1.38 bits per heavy atom. The smallest absolute Gasteiger partial charge is 0.132 e. The van der Waals surface area contributed by atoms with Gasteiger partial charge in [0.1, 0.15) is 5.82 Å². The predicted octanol–water partition coefficient (Wildman–Crippen LogP) is 6.36. The van der Waals surface area contributed by atoms with Gasteiger partial charge in [-0.2, -0.15) is 0 Å². The molecule has 4 rings (SSSR count). The Hall–Kier alpha value is -2.71. The third-order valence-electron chi connectivity index (χ3n) is 4.02. The average Bonchev–Trinajstić information content (AvgIpc) is 2.62. The van der Waals surface area contributed by atoms with Crippen molar-refractivity contribution in [2.24, 2.45) is 0 Å². The first kappa shape index (κ1) is 14.9. The summed E-state index contributed by atoms with van der Waals surface area (Å²) in [6.07, 6.45) is 0. The van der Waals surface area contributed by atoms with Crippen molar-refractivity contribution in [2.45, 2.75) is 0 Å². The number of para-hydroxylation sites is 1. The van der Waals surface area contributed by atoms with E-state index >= 15 is 0 Å². The lowest BCUT2D eigenvalue weighted by Crippen LogP contribution is -1.94. The fraction of sp³-hybridized carbons (Fsp3) is 0. The second kappa shape index (κ2) is 6.06. The van der Waals surface area contributed by atoms with Gasteiger partial charge in [-0.3, -0.25) is 0 Å². The van der Waals surface area contributed by atoms with Gasteiger partial charge in [0, 0.05) is 27.1 Å². The summed E-state index contributed by atoms with van der Waals surface area (Å²) < 4.78 is 14.4. The molecule has 0 unspecified atom stereocenters. The van der Waals surface area contributed by atoms with Crippen LogP contribution in [0.15, 0.2) is 78.9 Å². The summed E-state index contributed by atoms with van der Waals surface area (Å²) in [4.78, 5) is 4.73. The molecular formula is C21H13ClFN. The predicted molar refractivity (Wildman–Crippen MR) is 97.6 cm³/mol. The van der Waals surface area contributed by atoms with Crippen molar-refractivity contribution in [3.8, 4) is 22.4 Å². The van der Waals surface area contributed by atoms with E-state index in [0.717, 1.165) is 22.0 Å². The number of fused-ring (bicyclic) bond motifs is 1. The summed E-state index contributed by atoms with van der Waals surface area (Å²) in [6, 6.07) is 24.1. The molecule has 4 aromatic rings. The average molecular weight is 334 g/mol. The maximum atomic E-state index is 14.4. The minimum Gasteiger partial charge on any atom is -0.247 e. The van der Waals surface area contributed by atoms with Crippen LogP contribution in [0.25, 0.3) is 33.3 Å². The number of hydrogen-bond donors (Lipinski definition) is 0. The van der Waals surface area contributed by atoms with E-state index in [2.05, 4.69) is 0 Å². The molecule has 1 nitrogen and oxygen atoms in total. The maximum Gasteiger partial charge on any atom is 0.132 e.